The van der Waals surface area contributed by atoms with Gasteiger partial charge in [-0.05, 0) is 65.2 Å². The summed E-state index contributed by atoms with van der Waals surface area (Å²) < 4.78 is 10.6. The minimum Gasteiger partial charge on any atom is -0.493 e. The van der Waals surface area contributed by atoms with Crippen molar-refractivity contribution >= 4 is 39.9 Å². The monoisotopic (exact) mass is 549 g/mol. The maximum absolute atomic E-state index is 13.7. The van der Waals surface area contributed by atoms with E-state index in [0.29, 0.717) is 60.9 Å². The third-order valence-electron chi connectivity index (χ3n) is 7.95. The van der Waals surface area contributed by atoms with Crippen molar-refractivity contribution in [3.63, 3.8) is 0 Å². The molecular formula is C33H31N3O5. The van der Waals surface area contributed by atoms with E-state index < -0.39 is 0 Å². The average Bonchev–Trinajstić information content (AvgIpc) is 3.03. The molecule has 208 valence electrons. The van der Waals surface area contributed by atoms with Crippen molar-refractivity contribution in [2.24, 2.45) is 0 Å². The molecule has 4 aromatic carbocycles. The van der Waals surface area contributed by atoms with Crippen LogP contribution in [-0.2, 0) is 11.2 Å². The van der Waals surface area contributed by atoms with E-state index in [1.165, 1.54) is 4.90 Å². The van der Waals surface area contributed by atoms with Gasteiger partial charge in [-0.1, -0.05) is 36.4 Å². The van der Waals surface area contributed by atoms with Crippen molar-refractivity contribution < 1.29 is 23.9 Å². The van der Waals surface area contributed by atoms with E-state index in [-0.39, 0.29) is 24.1 Å². The number of methoxy groups -OCH3 is 2. The van der Waals surface area contributed by atoms with Crippen LogP contribution in [0.5, 0.6) is 11.5 Å². The van der Waals surface area contributed by atoms with Crippen LogP contribution in [0.15, 0.2) is 78.9 Å². The van der Waals surface area contributed by atoms with Crippen LogP contribution in [0.2, 0.25) is 0 Å². The summed E-state index contributed by atoms with van der Waals surface area (Å²) >= 11 is 0. The molecule has 0 bridgehead atoms. The van der Waals surface area contributed by atoms with Gasteiger partial charge in [-0.25, -0.2) is 4.90 Å². The first-order chi connectivity index (χ1) is 20.0. The topological polar surface area (TPSA) is 79.4 Å². The van der Waals surface area contributed by atoms with E-state index in [4.69, 9.17) is 9.47 Å². The molecule has 2 aliphatic rings. The molecule has 4 aromatic rings. The highest BCUT2D eigenvalue weighted by molar-refractivity contribution is 6.25. The smallest absolute Gasteiger partial charge is 0.265 e. The number of amides is 3. The molecule has 0 aromatic heterocycles. The van der Waals surface area contributed by atoms with E-state index in [9.17, 15) is 14.4 Å². The number of fused-ring (bicyclic) bond motifs is 2. The van der Waals surface area contributed by atoms with Gasteiger partial charge in [0.25, 0.3) is 11.8 Å². The molecule has 3 amide bonds. The van der Waals surface area contributed by atoms with Gasteiger partial charge in [0.1, 0.15) is 0 Å². The standard InChI is InChI=1S/C33H31N3O5/c1-40-29-14-10-24(21-30(29)41-2)32(38)35-18-16-34(17-19-35)25-12-13-28-23(20-25)11-15-31(37)36(28)33(39)27-9-5-7-22-6-3-4-8-26(22)27/h3-10,12-14,20-21H,11,15-19H2,1-2H3. The van der Waals surface area contributed by atoms with E-state index in [1.807, 2.05) is 53.4 Å². The lowest BCUT2D eigenvalue weighted by Crippen LogP contribution is -2.49. The third kappa shape index (κ3) is 4.86. The Kier molecular flexibility index (Phi) is 7.05. The quantitative estimate of drug-likeness (QED) is 0.328. The minimum absolute atomic E-state index is 0.0443. The van der Waals surface area contributed by atoms with E-state index in [0.717, 1.165) is 22.0 Å². The van der Waals surface area contributed by atoms with Crippen molar-refractivity contribution in [2.75, 3.05) is 50.2 Å². The lowest BCUT2D eigenvalue weighted by atomic mass is 9.97. The first-order valence-corrected chi connectivity index (χ1v) is 13.7. The van der Waals surface area contributed by atoms with Crippen LogP contribution in [0.25, 0.3) is 10.8 Å². The predicted octanol–water partition coefficient (Wildman–Crippen LogP) is 4.94. The molecule has 1 saturated heterocycles. The summed E-state index contributed by atoms with van der Waals surface area (Å²) in [6, 6.07) is 24.4. The van der Waals surface area contributed by atoms with Gasteiger partial charge in [0.05, 0.1) is 19.9 Å². The number of rotatable bonds is 5. The van der Waals surface area contributed by atoms with Crippen molar-refractivity contribution in [1.82, 2.24) is 4.90 Å². The van der Waals surface area contributed by atoms with Crippen molar-refractivity contribution in [2.45, 2.75) is 12.8 Å². The van der Waals surface area contributed by atoms with E-state index in [1.54, 1.807) is 38.5 Å². The second-order valence-electron chi connectivity index (χ2n) is 10.2. The first-order valence-electron chi connectivity index (χ1n) is 13.7. The van der Waals surface area contributed by atoms with Crippen LogP contribution in [0.3, 0.4) is 0 Å². The number of hydrogen-bond acceptors (Lipinski definition) is 6. The highest BCUT2D eigenvalue weighted by Crippen LogP contribution is 2.34. The minimum atomic E-state index is -0.303. The molecule has 0 unspecified atom stereocenters. The number of nitrogens with zero attached hydrogens (tertiary/aromatic N) is 3. The van der Waals surface area contributed by atoms with Crippen LogP contribution in [0.1, 0.15) is 32.7 Å². The number of ether oxygens (including phenoxy) is 2. The van der Waals surface area contributed by atoms with Crippen LogP contribution < -0.4 is 19.3 Å². The zero-order chi connectivity index (χ0) is 28.5. The largest absolute Gasteiger partial charge is 0.493 e. The molecule has 2 heterocycles. The maximum atomic E-state index is 13.7. The summed E-state index contributed by atoms with van der Waals surface area (Å²) in [5.41, 5.74) is 3.72. The van der Waals surface area contributed by atoms with Crippen LogP contribution in [0.4, 0.5) is 11.4 Å². The summed E-state index contributed by atoms with van der Waals surface area (Å²) in [7, 11) is 3.12. The molecule has 0 radical (unpaired) electrons. The van der Waals surface area contributed by atoms with E-state index in [2.05, 4.69) is 11.0 Å². The fourth-order valence-electron chi connectivity index (χ4n) is 5.75. The Morgan fingerprint density at radius 2 is 1.49 bits per heavy atom. The number of aryl methyl sites for hydroxylation is 1. The number of hydrogen-bond donors (Lipinski definition) is 0. The van der Waals surface area contributed by atoms with Gasteiger partial charge in [-0.3, -0.25) is 14.4 Å². The van der Waals surface area contributed by atoms with Gasteiger partial charge in [-0.15, -0.1) is 0 Å². The first kappa shape index (κ1) is 26.4. The number of carbonyl (C=O) groups excluding carboxylic acids is 3. The van der Waals surface area contributed by atoms with Gasteiger partial charge < -0.3 is 19.3 Å². The molecule has 0 N–H and O–H groups in total. The highest BCUT2D eigenvalue weighted by atomic mass is 16.5. The summed E-state index contributed by atoms with van der Waals surface area (Å²) in [5, 5.41) is 1.79. The maximum Gasteiger partial charge on any atom is 0.265 e. The molecular weight excluding hydrogens is 518 g/mol. The third-order valence-corrected chi connectivity index (χ3v) is 7.95. The number of anilines is 2. The molecule has 0 saturated carbocycles. The molecule has 6 rings (SSSR count). The van der Waals surface area contributed by atoms with E-state index >= 15 is 0 Å². The number of imide groups is 1. The van der Waals surface area contributed by atoms with Crippen LogP contribution in [0, 0.1) is 0 Å². The fourth-order valence-corrected chi connectivity index (χ4v) is 5.75. The van der Waals surface area contributed by atoms with Gasteiger partial charge >= 0.3 is 0 Å². The van der Waals surface area contributed by atoms with Crippen molar-refractivity contribution in [3.05, 3.63) is 95.6 Å². The Balaban J connectivity index is 1.19. The molecule has 0 aliphatic carbocycles. The molecule has 0 spiro atoms. The van der Waals surface area contributed by atoms with Gasteiger partial charge in [0.15, 0.2) is 11.5 Å². The predicted molar refractivity (Wildman–Crippen MR) is 158 cm³/mol. The van der Waals surface area contributed by atoms with Gasteiger partial charge in [0, 0.05) is 49.4 Å². The lowest BCUT2D eigenvalue weighted by molar-refractivity contribution is -0.118. The molecule has 8 nitrogen and oxygen atoms in total. The second-order valence-corrected chi connectivity index (χ2v) is 10.2. The zero-order valence-electron chi connectivity index (χ0n) is 23.1. The fraction of sp³-hybridized carbons (Fsp3) is 0.242. The van der Waals surface area contributed by atoms with Crippen LogP contribution in [-0.4, -0.2) is 63.0 Å². The number of carbonyl (C=O) groups is 3. The SMILES string of the molecule is COc1ccc(C(=O)N2CCN(c3ccc4c(c3)CCC(=O)N4C(=O)c3cccc4ccccc34)CC2)cc1OC. The molecule has 1 fully saturated rings. The zero-order valence-corrected chi connectivity index (χ0v) is 23.1. The Bertz CT molecular complexity index is 1650. The summed E-state index contributed by atoms with van der Waals surface area (Å²) in [5.74, 6) is 0.572. The van der Waals surface area contributed by atoms with Crippen molar-refractivity contribution in [3.8, 4) is 11.5 Å². The molecule has 0 atom stereocenters. The van der Waals surface area contributed by atoms with Gasteiger partial charge in [-0.2, -0.15) is 0 Å². The number of benzene rings is 4. The Morgan fingerprint density at radius 1 is 0.732 bits per heavy atom. The molecule has 8 heteroatoms. The van der Waals surface area contributed by atoms with Gasteiger partial charge in [0.2, 0.25) is 5.91 Å². The normalized spacial score (nSPS) is 15.1. The molecule has 41 heavy (non-hydrogen) atoms. The van der Waals surface area contributed by atoms with Crippen LogP contribution >= 0.6 is 0 Å². The molecule has 2 aliphatic heterocycles. The summed E-state index contributed by atoms with van der Waals surface area (Å²) in [6.45, 7) is 2.51. The number of piperazine rings is 1. The Morgan fingerprint density at radius 3 is 2.27 bits per heavy atom. The van der Waals surface area contributed by atoms with Crippen molar-refractivity contribution in [1.29, 1.82) is 0 Å². The average molecular weight is 550 g/mol. The lowest BCUT2D eigenvalue weighted by Gasteiger charge is -2.37. The highest BCUT2D eigenvalue weighted by Gasteiger charge is 2.32. The second kappa shape index (κ2) is 11.0. The summed E-state index contributed by atoms with van der Waals surface area (Å²) in [4.78, 5) is 45.3. The summed E-state index contributed by atoms with van der Waals surface area (Å²) in [6.07, 6.45) is 0.861. The Hall–Kier alpha value is -4.85. The Labute approximate surface area is 238 Å².